The van der Waals surface area contributed by atoms with E-state index in [1.807, 2.05) is 48.6 Å². The maximum atomic E-state index is 15.9. The van der Waals surface area contributed by atoms with Crippen molar-refractivity contribution in [2.45, 2.75) is 85.2 Å². The predicted molar refractivity (Wildman–Crippen MR) is 269 cm³/mol. The second kappa shape index (κ2) is 15.2. The van der Waals surface area contributed by atoms with Gasteiger partial charge in [0.2, 0.25) is 0 Å². The highest BCUT2D eigenvalue weighted by Crippen LogP contribution is 2.74. The summed E-state index contributed by atoms with van der Waals surface area (Å²) in [6, 6.07) is 27.7. The molecular weight excluding hydrogens is 1040 g/mol. The molecule has 0 spiro atoms. The quantitative estimate of drug-likeness (QED) is 0.154. The summed E-state index contributed by atoms with van der Waals surface area (Å²) in [5.41, 5.74) is -5.30. The third-order valence-corrected chi connectivity index (χ3v) is 20.5. The lowest BCUT2D eigenvalue weighted by Gasteiger charge is -2.47. The fourth-order valence-corrected chi connectivity index (χ4v) is 16.1. The molecule has 5 heterocycles. The summed E-state index contributed by atoms with van der Waals surface area (Å²) in [4.78, 5) is 1.56. The van der Waals surface area contributed by atoms with Crippen LogP contribution in [-0.2, 0) is 5.60 Å². The number of alkyl halides is 12. The summed E-state index contributed by atoms with van der Waals surface area (Å²) < 4.78 is 191. The van der Waals surface area contributed by atoms with Crippen LogP contribution in [0, 0.1) is 20.8 Å². The van der Waals surface area contributed by atoms with Gasteiger partial charge in [-0.3, -0.25) is 0 Å². The minimum Gasteiger partial charge on any atom is -0.473 e. The molecule has 0 amide bonds. The smallest absolute Gasteiger partial charge is 0.380 e. The summed E-state index contributed by atoms with van der Waals surface area (Å²) in [5.74, 6) is -31.6. The Morgan fingerprint density at radius 1 is 0.521 bits per heavy atom. The van der Waals surface area contributed by atoms with Crippen molar-refractivity contribution in [3.8, 4) is 16.2 Å². The van der Waals surface area contributed by atoms with E-state index in [9.17, 15) is 0 Å². The van der Waals surface area contributed by atoms with Crippen LogP contribution in [0.4, 0.5) is 52.7 Å². The van der Waals surface area contributed by atoms with E-state index < -0.39 is 78.5 Å². The molecule has 12 rings (SSSR count). The van der Waals surface area contributed by atoms with Crippen molar-refractivity contribution in [1.82, 2.24) is 0 Å². The molecule has 0 saturated heterocycles. The summed E-state index contributed by atoms with van der Waals surface area (Å²) in [6.45, 7) is 7.64. The van der Waals surface area contributed by atoms with Crippen LogP contribution in [0.3, 0.4) is 0 Å². The Kier molecular flexibility index (Phi) is 10.1. The lowest BCUT2D eigenvalue weighted by molar-refractivity contribution is -0.258. The zero-order chi connectivity index (χ0) is 52.0. The number of hydrogen-bond donors (Lipinski definition) is 0. The maximum Gasteiger partial charge on any atom is 0.380 e. The average Bonchev–Trinajstić information content (AvgIpc) is 4.15. The molecule has 1 saturated carbocycles. The molecule has 0 bridgehead atoms. The number of rotatable bonds is 6. The highest BCUT2D eigenvalue weighted by molar-refractivity contribution is 8.12. The molecule has 1 fully saturated rings. The molecule has 4 aromatic carbocycles. The van der Waals surface area contributed by atoms with Gasteiger partial charge < -0.3 is 4.74 Å². The number of thioether (sulfide) groups is 2. The Bertz CT molecular complexity index is 3630. The molecular formula is C56H36F12OS4. The van der Waals surface area contributed by atoms with Gasteiger partial charge in [0.15, 0.2) is 5.60 Å². The lowest BCUT2D eigenvalue weighted by Crippen LogP contribution is -2.48. The molecule has 2 aromatic heterocycles. The Morgan fingerprint density at radius 2 is 1.07 bits per heavy atom. The predicted octanol–water partition coefficient (Wildman–Crippen LogP) is 18.1. The monoisotopic (exact) mass is 1080 g/mol. The van der Waals surface area contributed by atoms with E-state index in [0.29, 0.717) is 42.7 Å². The average molecular weight is 1080 g/mol. The van der Waals surface area contributed by atoms with Crippen molar-refractivity contribution in [2.24, 2.45) is 0 Å². The Balaban J connectivity index is 0.951. The van der Waals surface area contributed by atoms with E-state index in [0.717, 1.165) is 62.5 Å². The van der Waals surface area contributed by atoms with Crippen LogP contribution < -0.4 is 4.74 Å². The molecule has 0 radical (unpaired) electrons. The first-order valence-electron chi connectivity index (χ1n) is 22.7. The summed E-state index contributed by atoms with van der Waals surface area (Å²) in [5, 5.41) is 3.34. The van der Waals surface area contributed by atoms with Crippen LogP contribution in [0.2, 0.25) is 0 Å². The van der Waals surface area contributed by atoms with Crippen LogP contribution in [0.15, 0.2) is 143 Å². The molecule has 73 heavy (non-hydrogen) atoms. The van der Waals surface area contributed by atoms with Gasteiger partial charge in [0.1, 0.15) is 5.75 Å². The van der Waals surface area contributed by atoms with Crippen LogP contribution in [0.5, 0.6) is 5.75 Å². The summed E-state index contributed by atoms with van der Waals surface area (Å²) in [7, 11) is 0. The van der Waals surface area contributed by atoms with Gasteiger partial charge in [-0.2, -0.15) is 52.7 Å². The fraction of sp³-hybridized carbons (Fsp3) is 0.250. The van der Waals surface area contributed by atoms with Crippen molar-refractivity contribution in [3.05, 3.63) is 191 Å². The number of halogens is 12. The minimum absolute atomic E-state index is 0.127. The Morgan fingerprint density at radius 3 is 1.67 bits per heavy atom. The van der Waals surface area contributed by atoms with Crippen molar-refractivity contribution < 1.29 is 57.4 Å². The van der Waals surface area contributed by atoms with Gasteiger partial charge in [-0.1, -0.05) is 84.9 Å². The molecule has 0 N–H and O–H groups in total. The molecule has 1 nitrogen and oxygen atoms in total. The molecule has 17 heteroatoms. The van der Waals surface area contributed by atoms with Gasteiger partial charge >= 0.3 is 35.5 Å². The lowest BCUT2D eigenvalue weighted by atomic mass is 9.71. The number of fused-ring (bicyclic) bond motifs is 7. The second-order valence-corrected chi connectivity index (χ2v) is 24.8. The molecule has 3 unspecified atom stereocenters. The molecule has 3 aliphatic carbocycles. The topological polar surface area (TPSA) is 9.23 Å². The SMILES string of the molecule is Cc1cc(C2=C(c3cc(-c4ccc(C5(c6ccc(C7=CC8=C9C(=C%10C=CSC%10(C)C8(C)S7)C(F)(F)C(F)(F)C9(F)F)cc6)C=Cc6c(ccc7ccccc67)O5)cc4)sc3C)C(F)(F)C(F)(F)C2(F)F)c(C)s1. The number of allylic oxidation sites excluding steroid dienone is 6. The molecule has 3 aliphatic heterocycles. The summed E-state index contributed by atoms with van der Waals surface area (Å²) >= 11 is 4.28. The van der Waals surface area contributed by atoms with Crippen molar-refractivity contribution >= 4 is 79.1 Å². The van der Waals surface area contributed by atoms with E-state index in [4.69, 9.17) is 4.74 Å². The third-order valence-electron chi connectivity index (χ3n) is 15.3. The zero-order valence-corrected chi connectivity index (χ0v) is 42.0. The Hall–Kier alpha value is -5.36. The second-order valence-electron chi connectivity index (χ2n) is 19.3. The normalized spacial score (nSPS) is 27.3. The van der Waals surface area contributed by atoms with Crippen molar-refractivity contribution in [3.63, 3.8) is 0 Å². The minimum atomic E-state index is -5.71. The molecule has 6 aliphatic rings. The standard InChI is InChI=1S/C56H36F12OS4/c1-27-24-37(28(2)71-27)44-45(52(59,60)55(65,66)51(44,57)58)38-25-42(72-29(38)3)31-10-15-33(16-11-31)50(22-20-36-35-9-7-6-8-30(35)14-19-41(36)69-50)34-17-12-32(13-18-34)43-26-40-47-46(53(61,62)56(67,68)54(47,63)64)39-21-23-70-48(39,4)49(40,5)73-43/h6-26H,1-5H3. The van der Waals surface area contributed by atoms with Crippen LogP contribution in [0.1, 0.15) is 61.9 Å². The number of ether oxygens (including phenoxy) is 1. The van der Waals surface area contributed by atoms with Crippen molar-refractivity contribution in [2.75, 3.05) is 0 Å². The first-order valence-corrected chi connectivity index (χ1v) is 26.1. The maximum absolute atomic E-state index is 15.9. The van der Waals surface area contributed by atoms with Gasteiger partial charge in [0, 0.05) is 63.4 Å². The third kappa shape index (κ3) is 6.04. The van der Waals surface area contributed by atoms with E-state index >= 15 is 52.7 Å². The zero-order valence-electron chi connectivity index (χ0n) is 38.7. The van der Waals surface area contributed by atoms with E-state index in [2.05, 4.69) is 0 Å². The van der Waals surface area contributed by atoms with Crippen LogP contribution in [-0.4, -0.2) is 45.0 Å². The first-order chi connectivity index (χ1) is 34.2. The van der Waals surface area contributed by atoms with Gasteiger partial charge in [-0.15, -0.1) is 46.2 Å². The molecule has 374 valence electrons. The molecule has 3 atom stereocenters. The highest BCUT2D eigenvalue weighted by atomic mass is 32.2. The van der Waals surface area contributed by atoms with Gasteiger partial charge in [0.05, 0.1) is 9.49 Å². The van der Waals surface area contributed by atoms with E-state index in [1.54, 1.807) is 69.3 Å². The highest BCUT2D eigenvalue weighted by Gasteiger charge is 2.84. The molecule has 6 aromatic rings. The largest absolute Gasteiger partial charge is 0.473 e. The van der Waals surface area contributed by atoms with Crippen LogP contribution >= 0.6 is 46.2 Å². The number of hydrogen-bond acceptors (Lipinski definition) is 5. The van der Waals surface area contributed by atoms with E-state index in [1.165, 1.54) is 43.5 Å². The number of aryl methyl sites for hydroxylation is 3. The van der Waals surface area contributed by atoms with E-state index in [-0.39, 0.29) is 26.5 Å². The van der Waals surface area contributed by atoms with Gasteiger partial charge in [-0.05, 0) is 121 Å². The fourth-order valence-electron chi connectivity index (χ4n) is 11.3. The number of thiophene rings is 2. The summed E-state index contributed by atoms with van der Waals surface area (Å²) in [6.07, 6.45) is 6.33. The number of benzene rings is 4. The first kappa shape index (κ1) is 48.6. The Labute approximate surface area is 426 Å². The van der Waals surface area contributed by atoms with Crippen molar-refractivity contribution in [1.29, 1.82) is 0 Å². The van der Waals surface area contributed by atoms with Gasteiger partial charge in [-0.25, -0.2) is 0 Å². The van der Waals surface area contributed by atoms with Gasteiger partial charge in [0.25, 0.3) is 0 Å². The van der Waals surface area contributed by atoms with Crippen LogP contribution in [0.25, 0.3) is 43.3 Å².